The first kappa shape index (κ1) is 19.3. The number of hydrogen-bond donors (Lipinski definition) is 2. The highest BCUT2D eigenvalue weighted by Crippen LogP contribution is 2.43. The zero-order chi connectivity index (χ0) is 22.5. The summed E-state index contributed by atoms with van der Waals surface area (Å²) in [7, 11) is 0. The third kappa shape index (κ3) is 2.17. The summed E-state index contributed by atoms with van der Waals surface area (Å²) in [5, 5.41) is 20.4. The maximum Gasteiger partial charge on any atom is 0.343 e. The highest BCUT2D eigenvalue weighted by molar-refractivity contribution is 6.14. The van der Waals surface area contributed by atoms with E-state index in [0.29, 0.717) is 46.6 Å². The molecule has 0 bridgehead atoms. The SMILES string of the molecule is CC[C@@]1(O)C(=O)OCc2c1cc1n(c2=O)Cc2c-1nc1cc(F)c(C)c3c1c2C(=N)CC3. The number of aliphatic hydroxyl groups is 1. The molecule has 0 spiro atoms. The van der Waals surface area contributed by atoms with E-state index >= 15 is 0 Å². The quantitative estimate of drug-likeness (QED) is 0.449. The summed E-state index contributed by atoms with van der Waals surface area (Å²) in [5.41, 5.74) is 2.98. The Labute approximate surface area is 182 Å². The first-order valence-corrected chi connectivity index (χ1v) is 10.7. The van der Waals surface area contributed by atoms with Gasteiger partial charge in [0.15, 0.2) is 5.60 Å². The van der Waals surface area contributed by atoms with Crippen molar-refractivity contribution in [3.63, 3.8) is 0 Å². The Kier molecular flexibility index (Phi) is 3.68. The third-order valence-electron chi connectivity index (χ3n) is 7.23. The molecule has 0 amide bonds. The number of aryl methyl sites for hydroxylation is 1. The number of pyridine rings is 2. The van der Waals surface area contributed by atoms with Crippen LogP contribution in [0.3, 0.4) is 0 Å². The summed E-state index contributed by atoms with van der Waals surface area (Å²) in [6.45, 7) is 3.43. The number of esters is 1. The number of cyclic esters (lactones) is 1. The lowest BCUT2D eigenvalue weighted by Gasteiger charge is -2.31. The Morgan fingerprint density at radius 3 is 2.78 bits per heavy atom. The molecule has 2 aliphatic heterocycles. The lowest BCUT2D eigenvalue weighted by molar-refractivity contribution is -0.172. The van der Waals surface area contributed by atoms with Crippen LogP contribution in [0, 0.1) is 18.2 Å². The Morgan fingerprint density at radius 1 is 1.25 bits per heavy atom. The molecule has 1 aliphatic carbocycles. The van der Waals surface area contributed by atoms with Gasteiger partial charge in [0, 0.05) is 33.9 Å². The summed E-state index contributed by atoms with van der Waals surface area (Å²) >= 11 is 0. The van der Waals surface area contributed by atoms with Crippen molar-refractivity contribution in [3.05, 3.63) is 61.7 Å². The van der Waals surface area contributed by atoms with Crippen molar-refractivity contribution < 1.29 is 19.0 Å². The van der Waals surface area contributed by atoms with Crippen LogP contribution in [0.1, 0.15) is 53.1 Å². The largest absolute Gasteiger partial charge is 0.458 e. The van der Waals surface area contributed by atoms with E-state index in [4.69, 9.17) is 15.1 Å². The van der Waals surface area contributed by atoms with Gasteiger partial charge in [0.1, 0.15) is 12.4 Å². The van der Waals surface area contributed by atoms with E-state index in [1.54, 1.807) is 24.5 Å². The molecule has 8 heteroatoms. The third-order valence-corrected chi connectivity index (χ3v) is 7.23. The van der Waals surface area contributed by atoms with Gasteiger partial charge < -0.3 is 19.8 Å². The number of rotatable bonds is 1. The summed E-state index contributed by atoms with van der Waals surface area (Å²) in [4.78, 5) is 30.4. The number of aromatic nitrogens is 2. The molecule has 0 fully saturated rings. The van der Waals surface area contributed by atoms with Crippen molar-refractivity contribution in [1.82, 2.24) is 9.55 Å². The standard InChI is InChI=1S/C24H20FN3O4/c1-3-24(31)14-6-18-21-12(8-28(18)22(29)13(14)9-32-23(24)30)19-16(26)5-4-11-10(2)15(25)7-17(27-21)20(11)19/h6-7,26,31H,3-5,8-9H2,1-2H3/t24-/m0/s1. The zero-order valence-corrected chi connectivity index (χ0v) is 17.6. The van der Waals surface area contributed by atoms with Crippen LogP contribution in [0.25, 0.3) is 22.3 Å². The predicted molar refractivity (Wildman–Crippen MR) is 114 cm³/mol. The number of nitrogens with zero attached hydrogens (tertiary/aromatic N) is 2. The second-order valence-electron chi connectivity index (χ2n) is 8.75. The van der Waals surface area contributed by atoms with Crippen molar-refractivity contribution in [2.75, 3.05) is 0 Å². The molecule has 0 unspecified atom stereocenters. The summed E-state index contributed by atoms with van der Waals surface area (Å²) in [6, 6.07) is 3.02. The lowest BCUT2D eigenvalue weighted by atomic mass is 9.83. The van der Waals surface area contributed by atoms with Gasteiger partial charge in [-0.3, -0.25) is 4.79 Å². The van der Waals surface area contributed by atoms with Gasteiger partial charge in [-0.2, -0.15) is 0 Å². The highest BCUT2D eigenvalue weighted by Gasteiger charge is 2.45. The topological polar surface area (TPSA) is 105 Å². The molecule has 2 N–H and O–H groups in total. The first-order valence-electron chi connectivity index (χ1n) is 10.7. The normalized spacial score (nSPS) is 20.8. The van der Waals surface area contributed by atoms with E-state index in [1.807, 2.05) is 0 Å². The molecule has 32 heavy (non-hydrogen) atoms. The minimum atomic E-state index is -1.90. The Balaban J connectivity index is 1.71. The second kappa shape index (κ2) is 6.10. The van der Waals surface area contributed by atoms with Gasteiger partial charge in [0.2, 0.25) is 0 Å². The number of carbonyl (C=O) groups excluding carboxylic acids is 1. The van der Waals surface area contributed by atoms with Gasteiger partial charge in [-0.1, -0.05) is 6.92 Å². The first-order chi connectivity index (χ1) is 15.3. The Bertz CT molecular complexity index is 1490. The van der Waals surface area contributed by atoms with Gasteiger partial charge in [-0.05, 0) is 43.4 Å². The number of halogens is 1. The zero-order valence-electron chi connectivity index (χ0n) is 17.6. The number of carbonyl (C=O) groups is 1. The van der Waals surface area contributed by atoms with Crippen LogP contribution in [-0.2, 0) is 34.7 Å². The molecule has 1 aromatic carbocycles. The van der Waals surface area contributed by atoms with E-state index in [0.717, 1.165) is 16.5 Å². The van der Waals surface area contributed by atoms with Gasteiger partial charge in [-0.15, -0.1) is 0 Å². The minimum Gasteiger partial charge on any atom is -0.458 e. The molecule has 6 rings (SSSR count). The maximum absolute atomic E-state index is 14.6. The molecule has 4 heterocycles. The van der Waals surface area contributed by atoms with Crippen LogP contribution in [0.4, 0.5) is 4.39 Å². The van der Waals surface area contributed by atoms with Crippen LogP contribution in [0.2, 0.25) is 0 Å². The molecule has 7 nitrogen and oxygen atoms in total. The van der Waals surface area contributed by atoms with Crippen molar-refractivity contribution in [2.45, 2.75) is 51.9 Å². The van der Waals surface area contributed by atoms with E-state index in [-0.39, 0.29) is 42.1 Å². The van der Waals surface area contributed by atoms with Gasteiger partial charge in [-0.25, -0.2) is 14.2 Å². The molecule has 162 valence electrons. The van der Waals surface area contributed by atoms with E-state index in [1.165, 1.54) is 6.07 Å². The van der Waals surface area contributed by atoms with E-state index < -0.39 is 11.6 Å². The number of benzene rings is 1. The van der Waals surface area contributed by atoms with Crippen LogP contribution >= 0.6 is 0 Å². The fourth-order valence-corrected chi connectivity index (χ4v) is 5.41. The molecule has 0 saturated heterocycles. The highest BCUT2D eigenvalue weighted by atomic mass is 19.1. The average molecular weight is 433 g/mol. The summed E-state index contributed by atoms with van der Waals surface area (Å²) in [5.74, 6) is -1.12. The summed E-state index contributed by atoms with van der Waals surface area (Å²) in [6.07, 6.45) is 1.13. The van der Waals surface area contributed by atoms with Crippen molar-refractivity contribution in [1.29, 1.82) is 5.41 Å². The average Bonchev–Trinajstić information content (AvgIpc) is 3.14. The molecular weight excluding hydrogens is 413 g/mol. The predicted octanol–water partition coefficient (Wildman–Crippen LogP) is 2.84. The van der Waals surface area contributed by atoms with Gasteiger partial charge in [0.05, 0.1) is 29.0 Å². The Morgan fingerprint density at radius 2 is 2.03 bits per heavy atom. The molecule has 2 aromatic heterocycles. The second-order valence-corrected chi connectivity index (χ2v) is 8.75. The van der Waals surface area contributed by atoms with Crippen molar-refractivity contribution in [2.24, 2.45) is 0 Å². The fourth-order valence-electron chi connectivity index (χ4n) is 5.41. The monoisotopic (exact) mass is 433 g/mol. The maximum atomic E-state index is 14.6. The molecule has 3 aliphatic rings. The number of fused-ring (bicyclic) bond motifs is 5. The molecule has 0 saturated carbocycles. The minimum absolute atomic E-state index is 0.0590. The number of ether oxygens (including phenoxy) is 1. The van der Waals surface area contributed by atoms with Gasteiger partial charge >= 0.3 is 5.97 Å². The van der Waals surface area contributed by atoms with Crippen molar-refractivity contribution >= 4 is 22.6 Å². The van der Waals surface area contributed by atoms with Crippen LogP contribution in [-0.4, -0.2) is 26.3 Å². The summed E-state index contributed by atoms with van der Waals surface area (Å²) < 4.78 is 21.3. The molecule has 3 aromatic rings. The van der Waals surface area contributed by atoms with Crippen molar-refractivity contribution in [3.8, 4) is 11.4 Å². The fraction of sp³-hybridized carbons (Fsp3) is 0.333. The molecule has 1 atom stereocenters. The molecule has 0 radical (unpaired) electrons. The van der Waals surface area contributed by atoms with E-state index in [9.17, 15) is 19.1 Å². The van der Waals surface area contributed by atoms with Crippen LogP contribution in [0.5, 0.6) is 0 Å². The lowest BCUT2D eigenvalue weighted by Crippen LogP contribution is -2.44. The van der Waals surface area contributed by atoms with Crippen LogP contribution in [0.15, 0.2) is 16.9 Å². The molecular formula is C24H20FN3O4. The van der Waals surface area contributed by atoms with E-state index in [2.05, 4.69) is 0 Å². The Hall–Kier alpha value is -3.39. The number of hydrogen-bond acceptors (Lipinski definition) is 6. The van der Waals surface area contributed by atoms with Gasteiger partial charge in [0.25, 0.3) is 5.56 Å². The smallest absolute Gasteiger partial charge is 0.343 e. The van der Waals surface area contributed by atoms with Crippen LogP contribution < -0.4 is 5.56 Å². The number of nitrogens with one attached hydrogen (secondary N) is 1.